The highest BCUT2D eigenvalue weighted by Gasteiger charge is 2.23. The molecule has 0 aliphatic carbocycles. The van der Waals surface area contributed by atoms with Gasteiger partial charge in [0.1, 0.15) is 5.01 Å². The Morgan fingerprint density at radius 1 is 1.30 bits per heavy atom. The van der Waals surface area contributed by atoms with E-state index in [1.165, 1.54) is 4.88 Å². The van der Waals surface area contributed by atoms with Crippen LogP contribution in [-0.4, -0.2) is 55.7 Å². The molecule has 6 nitrogen and oxygen atoms in total. The Hall–Kier alpha value is -1.48. The number of rotatable bonds is 7. The fraction of sp³-hybridized carbons (Fsp3) is 0.579. The molecule has 2 N–H and O–H groups in total. The lowest BCUT2D eigenvalue weighted by Gasteiger charge is -2.34. The summed E-state index contributed by atoms with van der Waals surface area (Å²) in [7, 11) is 1.81. The van der Waals surface area contributed by atoms with Crippen molar-refractivity contribution in [2.24, 2.45) is 4.99 Å². The molecule has 2 aromatic rings. The van der Waals surface area contributed by atoms with Crippen LogP contribution < -0.4 is 10.6 Å². The van der Waals surface area contributed by atoms with Crippen molar-refractivity contribution >= 4 is 28.6 Å². The van der Waals surface area contributed by atoms with Crippen molar-refractivity contribution in [3.8, 4) is 0 Å². The van der Waals surface area contributed by atoms with Crippen LogP contribution in [-0.2, 0) is 11.3 Å². The smallest absolute Gasteiger partial charge is 0.191 e. The molecular formula is C19H29N5OS2. The molecule has 1 fully saturated rings. The van der Waals surface area contributed by atoms with Crippen LogP contribution in [0.2, 0.25) is 0 Å². The van der Waals surface area contributed by atoms with Gasteiger partial charge in [0, 0.05) is 36.9 Å². The van der Waals surface area contributed by atoms with Gasteiger partial charge in [0.05, 0.1) is 31.5 Å². The van der Waals surface area contributed by atoms with E-state index >= 15 is 0 Å². The minimum absolute atomic E-state index is 0.333. The fourth-order valence-corrected chi connectivity index (χ4v) is 4.78. The van der Waals surface area contributed by atoms with E-state index in [1.807, 2.05) is 18.4 Å². The Balaban J connectivity index is 1.55. The second-order valence-electron chi connectivity index (χ2n) is 6.81. The Bertz CT molecular complexity index is 708. The average molecular weight is 408 g/mol. The Morgan fingerprint density at radius 3 is 2.74 bits per heavy atom. The molecule has 0 saturated carbocycles. The molecule has 8 heteroatoms. The molecule has 0 aromatic carbocycles. The maximum atomic E-state index is 5.52. The largest absolute Gasteiger partial charge is 0.379 e. The number of thiophene rings is 1. The van der Waals surface area contributed by atoms with Gasteiger partial charge in [-0.25, -0.2) is 4.98 Å². The highest BCUT2D eigenvalue weighted by molar-refractivity contribution is 7.10. The number of ether oxygens (including phenoxy) is 1. The highest BCUT2D eigenvalue weighted by atomic mass is 32.1. The summed E-state index contributed by atoms with van der Waals surface area (Å²) in [5, 5.41) is 12.3. The van der Waals surface area contributed by atoms with Crippen LogP contribution in [0, 0.1) is 0 Å². The van der Waals surface area contributed by atoms with Crippen LogP contribution >= 0.6 is 22.7 Å². The number of nitrogens with one attached hydrogen (secondary N) is 2. The van der Waals surface area contributed by atoms with Crippen molar-refractivity contribution in [1.82, 2.24) is 20.5 Å². The molecule has 1 atom stereocenters. The lowest BCUT2D eigenvalue weighted by atomic mass is 10.2. The summed E-state index contributed by atoms with van der Waals surface area (Å²) in [6.07, 6.45) is 0. The number of nitrogens with zero attached hydrogens (tertiary/aromatic N) is 3. The van der Waals surface area contributed by atoms with Crippen molar-refractivity contribution in [3.05, 3.63) is 38.5 Å². The topological polar surface area (TPSA) is 61.8 Å². The number of hydrogen-bond acceptors (Lipinski definition) is 6. The molecular weight excluding hydrogens is 378 g/mol. The van der Waals surface area contributed by atoms with Gasteiger partial charge in [-0.05, 0) is 17.4 Å². The van der Waals surface area contributed by atoms with Crippen LogP contribution in [0.5, 0.6) is 0 Å². The summed E-state index contributed by atoms with van der Waals surface area (Å²) in [4.78, 5) is 12.9. The number of aliphatic imine (C=N–C) groups is 1. The maximum absolute atomic E-state index is 5.52. The van der Waals surface area contributed by atoms with Gasteiger partial charge in [-0.15, -0.1) is 22.7 Å². The second-order valence-corrected chi connectivity index (χ2v) is 8.73. The minimum Gasteiger partial charge on any atom is -0.379 e. The molecule has 1 unspecified atom stereocenters. The maximum Gasteiger partial charge on any atom is 0.191 e. The van der Waals surface area contributed by atoms with Gasteiger partial charge >= 0.3 is 0 Å². The van der Waals surface area contributed by atoms with Gasteiger partial charge in [-0.2, -0.15) is 0 Å². The molecule has 0 spiro atoms. The van der Waals surface area contributed by atoms with Crippen LogP contribution in [0.1, 0.15) is 41.4 Å². The van der Waals surface area contributed by atoms with E-state index in [2.05, 4.69) is 62.3 Å². The van der Waals surface area contributed by atoms with Crippen LogP contribution in [0.25, 0.3) is 0 Å². The molecule has 27 heavy (non-hydrogen) atoms. The molecule has 1 aliphatic heterocycles. The first-order valence-corrected chi connectivity index (χ1v) is 11.2. The van der Waals surface area contributed by atoms with E-state index in [4.69, 9.17) is 4.74 Å². The van der Waals surface area contributed by atoms with E-state index in [9.17, 15) is 0 Å². The predicted molar refractivity (Wildman–Crippen MR) is 114 cm³/mol. The van der Waals surface area contributed by atoms with Gasteiger partial charge in [-0.3, -0.25) is 9.89 Å². The monoisotopic (exact) mass is 407 g/mol. The van der Waals surface area contributed by atoms with Crippen molar-refractivity contribution in [1.29, 1.82) is 0 Å². The predicted octanol–water partition coefficient (Wildman–Crippen LogP) is 3.07. The quantitative estimate of drug-likeness (QED) is 0.546. The van der Waals surface area contributed by atoms with E-state index < -0.39 is 0 Å². The van der Waals surface area contributed by atoms with E-state index in [1.54, 1.807) is 11.3 Å². The fourth-order valence-electron chi connectivity index (χ4n) is 3.02. The SMILES string of the molecule is CN=C(NCc1nc(C(C)C)cs1)NCC(c1cccs1)N1CCOCC1. The molecule has 3 heterocycles. The van der Waals surface area contributed by atoms with Gasteiger partial charge in [0.2, 0.25) is 0 Å². The summed E-state index contributed by atoms with van der Waals surface area (Å²) in [6, 6.07) is 4.67. The second kappa shape index (κ2) is 10.2. The first-order chi connectivity index (χ1) is 13.2. The highest BCUT2D eigenvalue weighted by Crippen LogP contribution is 2.25. The number of morpholine rings is 1. The third kappa shape index (κ3) is 5.75. The van der Waals surface area contributed by atoms with Gasteiger partial charge in [-0.1, -0.05) is 19.9 Å². The summed E-state index contributed by atoms with van der Waals surface area (Å²) >= 11 is 3.51. The summed E-state index contributed by atoms with van der Waals surface area (Å²) in [5.74, 6) is 1.28. The number of hydrogen-bond donors (Lipinski definition) is 2. The molecule has 0 radical (unpaired) electrons. The number of thiazole rings is 1. The van der Waals surface area contributed by atoms with Crippen molar-refractivity contribution in [2.75, 3.05) is 39.9 Å². The van der Waals surface area contributed by atoms with Gasteiger partial charge < -0.3 is 15.4 Å². The molecule has 2 aromatic heterocycles. The Kier molecular flexibility index (Phi) is 7.63. The first kappa shape index (κ1) is 20.3. The van der Waals surface area contributed by atoms with Gasteiger partial charge in [0.25, 0.3) is 0 Å². The van der Waals surface area contributed by atoms with Crippen molar-refractivity contribution < 1.29 is 4.74 Å². The number of guanidine groups is 1. The van der Waals surface area contributed by atoms with Gasteiger partial charge in [0.15, 0.2) is 5.96 Å². The zero-order chi connectivity index (χ0) is 19.1. The zero-order valence-corrected chi connectivity index (χ0v) is 17.9. The number of aromatic nitrogens is 1. The van der Waals surface area contributed by atoms with Crippen LogP contribution in [0.3, 0.4) is 0 Å². The third-order valence-corrected chi connectivity index (χ3v) is 6.45. The average Bonchev–Trinajstić information content (AvgIpc) is 3.37. The Morgan fingerprint density at radius 2 is 2.11 bits per heavy atom. The molecule has 3 rings (SSSR count). The van der Waals surface area contributed by atoms with E-state index in [-0.39, 0.29) is 0 Å². The molecule has 148 valence electrons. The van der Waals surface area contributed by atoms with E-state index in [0.717, 1.165) is 49.5 Å². The third-order valence-electron chi connectivity index (χ3n) is 4.61. The standard InChI is InChI=1S/C19H29N5OS2/c1-14(2)15-13-27-18(23-15)12-22-19(20-3)21-11-16(17-5-4-10-26-17)24-6-8-25-9-7-24/h4-5,10,13-14,16H,6-9,11-12H2,1-3H3,(H2,20,21,22). The van der Waals surface area contributed by atoms with Crippen LogP contribution in [0.15, 0.2) is 27.9 Å². The van der Waals surface area contributed by atoms with Crippen LogP contribution in [0.4, 0.5) is 0 Å². The lowest BCUT2D eigenvalue weighted by molar-refractivity contribution is 0.0177. The van der Waals surface area contributed by atoms with Crippen molar-refractivity contribution in [3.63, 3.8) is 0 Å². The minimum atomic E-state index is 0.333. The first-order valence-electron chi connectivity index (χ1n) is 9.41. The summed E-state index contributed by atoms with van der Waals surface area (Å²) < 4.78 is 5.52. The normalized spacial score (nSPS) is 17.3. The molecule has 1 saturated heterocycles. The summed E-state index contributed by atoms with van der Waals surface area (Å²) in [5.41, 5.74) is 1.16. The van der Waals surface area contributed by atoms with E-state index in [0.29, 0.717) is 18.5 Å². The zero-order valence-electron chi connectivity index (χ0n) is 16.3. The Labute approximate surface area is 169 Å². The van der Waals surface area contributed by atoms with Crippen molar-refractivity contribution in [2.45, 2.75) is 32.4 Å². The molecule has 0 bridgehead atoms. The molecule has 0 amide bonds. The lowest BCUT2D eigenvalue weighted by Crippen LogP contribution is -2.46. The summed E-state index contributed by atoms with van der Waals surface area (Å²) in [6.45, 7) is 9.38. The molecule has 1 aliphatic rings.